The largest absolute Gasteiger partial charge is 0.378 e. The van der Waals surface area contributed by atoms with Gasteiger partial charge in [-0.15, -0.1) is 0 Å². The van der Waals surface area contributed by atoms with Crippen molar-refractivity contribution in [1.82, 2.24) is 0 Å². The van der Waals surface area contributed by atoms with Gasteiger partial charge in [0.25, 0.3) is 0 Å². The summed E-state index contributed by atoms with van der Waals surface area (Å²) in [7, 11) is 0. The Morgan fingerprint density at radius 1 is 1.37 bits per heavy atom. The minimum Gasteiger partial charge on any atom is -0.378 e. The van der Waals surface area contributed by atoms with Crippen molar-refractivity contribution in [2.45, 2.75) is 38.2 Å². The molecule has 1 aromatic rings. The number of hydrogen-bond acceptors (Lipinski definition) is 3. The highest BCUT2D eigenvalue weighted by Crippen LogP contribution is 2.21. The van der Waals surface area contributed by atoms with E-state index in [-0.39, 0.29) is 5.91 Å². The Balaban J connectivity index is 1.64. The summed E-state index contributed by atoms with van der Waals surface area (Å²) in [6.07, 6.45) is 5.24. The van der Waals surface area contributed by atoms with Crippen molar-refractivity contribution in [3.8, 4) is 6.07 Å². The molecular formula is C15H18N2O2. The van der Waals surface area contributed by atoms with Crippen LogP contribution in [0.1, 0.15) is 37.7 Å². The molecule has 1 saturated carbocycles. The first-order valence-electron chi connectivity index (χ1n) is 6.69. The first-order chi connectivity index (χ1) is 9.28. The summed E-state index contributed by atoms with van der Waals surface area (Å²) in [6, 6.07) is 8.90. The number of benzene rings is 1. The van der Waals surface area contributed by atoms with Crippen LogP contribution in [0.15, 0.2) is 24.3 Å². The molecule has 1 fully saturated rings. The lowest BCUT2D eigenvalue weighted by atomic mass is 9.96. The van der Waals surface area contributed by atoms with Crippen LogP contribution >= 0.6 is 0 Å². The minimum atomic E-state index is -0.0121. The van der Waals surface area contributed by atoms with Gasteiger partial charge in [0, 0.05) is 18.7 Å². The minimum absolute atomic E-state index is 0.0121. The van der Waals surface area contributed by atoms with Crippen LogP contribution in [0.4, 0.5) is 5.69 Å². The lowest BCUT2D eigenvalue weighted by Gasteiger charge is -2.25. The number of ether oxygens (including phenoxy) is 1. The Labute approximate surface area is 113 Å². The normalized spacial score (nSPS) is 14.5. The second-order valence-electron chi connectivity index (χ2n) is 4.76. The first kappa shape index (κ1) is 13.6. The average molecular weight is 258 g/mol. The van der Waals surface area contributed by atoms with E-state index in [2.05, 4.69) is 5.32 Å². The standard InChI is InChI=1S/C15H18N2O2/c16-11-12-6-8-13(9-7-12)17-15(18)5-2-10-19-14-3-1-4-14/h6-9,14H,1-5,10H2,(H,17,18). The number of anilines is 1. The van der Waals surface area contributed by atoms with Gasteiger partial charge in [-0.3, -0.25) is 4.79 Å². The molecule has 1 aliphatic rings. The van der Waals surface area contributed by atoms with Gasteiger partial charge < -0.3 is 10.1 Å². The van der Waals surface area contributed by atoms with Crippen molar-refractivity contribution in [2.75, 3.05) is 11.9 Å². The molecule has 1 amide bonds. The molecule has 1 aromatic carbocycles. The van der Waals surface area contributed by atoms with Crippen LogP contribution in [0.25, 0.3) is 0 Å². The van der Waals surface area contributed by atoms with Gasteiger partial charge in [-0.1, -0.05) is 0 Å². The summed E-state index contributed by atoms with van der Waals surface area (Å²) >= 11 is 0. The molecule has 0 radical (unpaired) electrons. The fraction of sp³-hybridized carbons (Fsp3) is 0.467. The van der Waals surface area contributed by atoms with E-state index < -0.39 is 0 Å². The highest BCUT2D eigenvalue weighted by Gasteiger charge is 2.17. The number of carbonyl (C=O) groups excluding carboxylic acids is 1. The van der Waals surface area contributed by atoms with E-state index in [1.54, 1.807) is 24.3 Å². The third kappa shape index (κ3) is 4.38. The van der Waals surface area contributed by atoms with E-state index in [1.165, 1.54) is 6.42 Å². The van der Waals surface area contributed by atoms with Crippen LogP contribution in [-0.4, -0.2) is 18.6 Å². The van der Waals surface area contributed by atoms with Crippen LogP contribution < -0.4 is 5.32 Å². The lowest BCUT2D eigenvalue weighted by Crippen LogP contribution is -2.22. The van der Waals surface area contributed by atoms with Crippen LogP contribution in [0, 0.1) is 11.3 Å². The average Bonchev–Trinajstić information content (AvgIpc) is 2.37. The van der Waals surface area contributed by atoms with Crippen LogP contribution in [0.5, 0.6) is 0 Å². The molecule has 4 heteroatoms. The maximum atomic E-state index is 11.7. The van der Waals surface area contributed by atoms with Crippen molar-refractivity contribution < 1.29 is 9.53 Å². The topological polar surface area (TPSA) is 62.1 Å². The van der Waals surface area contributed by atoms with Gasteiger partial charge in [0.1, 0.15) is 0 Å². The summed E-state index contributed by atoms with van der Waals surface area (Å²) < 4.78 is 5.59. The Hall–Kier alpha value is -1.86. The Kier molecular flexibility index (Phi) is 4.93. The summed E-state index contributed by atoms with van der Waals surface area (Å²) in [6.45, 7) is 0.658. The maximum Gasteiger partial charge on any atom is 0.224 e. The summed E-state index contributed by atoms with van der Waals surface area (Å²) in [5.41, 5.74) is 1.32. The SMILES string of the molecule is N#Cc1ccc(NC(=O)CCCOC2CCC2)cc1. The van der Waals surface area contributed by atoms with Gasteiger partial charge in [-0.25, -0.2) is 0 Å². The molecule has 0 spiro atoms. The van der Waals surface area contributed by atoms with E-state index in [0.717, 1.165) is 24.9 Å². The number of nitrogens with one attached hydrogen (secondary N) is 1. The fourth-order valence-electron chi connectivity index (χ4n) is 1.87. The second kappa shape index (κ2) is 6.91. The van der Waals surface area contributed by atoms with Crippen molar-refractivity contribution >= 4 is 11.6 Å². The van der Waals surface area contributed by atoms with Crippen LogP contribution in [-0.2, 0) is 9.53 Å². The molecule has 0 aliphatic heterocycles. The predicted molar refractivity (Wildman–Crippen MR) is 72.6 cm³/mol. The number of rotatable bonds is 6. The van der Waals surface area contributed by atoms with E-state index in [0.29, 0.717) is 24.7 Å². The number of amides is 1. The molecule has 19 heavy (non-hydrogen) atoms. The molecule has 0 bridgehead atoms. The molecule has 1 N–H and O–H groups in total. The quantitative estimate of drug-likeness (QED) is 0.798. The summed E-state index contributed by atoms with van der Waals surface area (Å²) in [4.78, 5) is 11.7. The van der Waals surface area contributed by atoms with Crippen molar-refractivity contribution in [3.63, 3.8) is 0 Å². The van der Waals surface area contributed by atoms with E-state index >= 15 is 0 Å². The molecule has 0 saturated heterocycles. The molecule has 0 heterocycles. The van der Waals surface area contributed by atoms with Gasteiger partial charge >= 0.3 is 0 Å². The molecule has 0 atom stereocenters. The molecule has 2 rings (SSSR count). The molecular weight excluding hydrogens is 240 g/mol. The van der Waals surface area contributed by atoms with E-state index in [4.69, 9.17) is 10.00 Å². The predicted octanol–water partition coefficient (Wildman–Crippen LogP) is 2.85. The number of nitriles is 1. The Morgan fingerprint density at radius 3 is 2.68 bits per heavy atom. The zero-order valence-corrected chi connectivity index (χ0v) is 10.9. The molecule has 0 aromatic heterocycles. The third-order valence-electron chi connectivity index (χ3n) is 3.25. The molecule has 4 nitrogen and oxygen atoms in total. The molecule has 0 unspecified atom stereocenters. The number of nitrogens with zero attached hydrogens (tertiary/aromatic N) is 1. The van der Waals surface area contributed by atoms with E-state index in [1.807, 2.05) is 6.07 Å². The first-order valence-corrected chi connectivity index (χ1v) is 6.69. The van der Waals surface area contributed by atoms with Crippen molar-refractivity contribution in [2.24, 2.45) is 0 Å². The Bertz CT molecular complexity index is 458. The van der Waals surface area contributed by atoms with Gasteiger partial charge in [0.15, 0.2) is 0 Å². The van der Waals surface area contributed by atoms with Gasteiger partial charge in [0.05, 0.1) is 17.7 Å². The fourth-order valence-corrected chi connectivity index (χ4v) is 1.87. The molecule has 1 aliphatic carbocycles. The number of carbonyl (C=O) groups is 1. The smallest absolute Gasteiger partial charge is 0.224 e. The lowest BCUT2D eigenvalue weighted by molar-refractivity contribution is -0.116. The van der Waals surface area contributed by atoms with E-state index in [9.17, 15) is 4.79 Å². The highest BCUT2D eigenvalue weighted by molar-refractivity contribution is 5.90. The summed E-state index contributed by atoms with van der Waals surface area (Å²) in [5, 5.41) is 11.5. The van der Waals surface area contributed by atoms with Gasteiger partial charge in [0.2, 0.25) is 5.91 Å². The van der Waals surface area contributed by atoms with Crippen LogP contribution in [0.3, 0.4) is 0 Å². The van der Waals surface area contributed by atoms with Gasteiger partial charge in [-0.2, -0.15) is 5.26 Å². The molecule has 100 valence electrons. The zero-order chi connectivity index (χ0) is 13.5. The third-order valence-corrected chi connectivity index (χ3v) is 3.25. The van der Waals surface area contributed by atoms with Gasteiger partial charge in [-0.05, 0) is 49.9 Å². The summed E-state index contributed by atoms with van der Waals surface area (Å²) in [5.74, 6) is -0.0121. The zero-order valence-electron chi connectivity index (χ0n) is 10.9. The highest BCUT2D eigenvalue weighted by atomic mass is 16.5. The Morgan fingerprint density at radius 2 is 2.11 bits per heavy atom. The van der Waals surface area contributed by atoms with Crippen LogP contribution in [0.2, 0.25) is 0 Å². The maximum absolute atomic E-state index is 11.7. The van der Waals surface area contributed by atoms with Crippen molar-refractivity contribution in [1.29, 1.82) is 5.26 Å². The van der Waals surface area contributed by atoms with Crippen molar-refractivity contribution in [3.05, 3.63) is 29.8 Å². The monoisotopic (exact) mass is 258 g/mol. The second-order valence-corrected chi connectivity index (χ2v) is 4.76. The number of hydrogen-bond donors (Lipinski definition) is 1.